The van der Waals surface area contributed by atoms with E-state index in [2.05, 4.69) is 15.3 Å². The highest BCUT2D eigenvalue weighted by Gasteiger charge is 1.95. The molecular formula is C7H13N3O. The van der Waals surface area contributed by atoms with Crippen LogP contribution < -0.4 is 5.32 Å². The molecule has 0 bridgehead atoms. The predicted octanol–water partition coefficient (Wildman–Crippen LogP) is -0.120. The third-order valence-electron chi connectivity index (χ3n) is 1.31. The molecular weight excluding hydrogens is 142 g/mol. The van der Waals surface area contributed by atoms with Gasteiger partial charge in [0.25, 0.3) is 0 Å². The number of nitrogens with zero attached hydrogens (tertiary/aromatic N) is 1. The zero-order valence-electron chi connectivity index (χ0n) is 6.54. The summed E-state index contributed by atoms with van der Waals surface area (Å²) in [6.45, 7) is 3.09. The van der Waals surface area contributed by atoms with Gasteiger partial charge in [0.05, 0.1) is 12.4 Å². The molecule has 0 aliphatic heterocycles. The van der Waals surface area contributed by atoms with Crippen molar-refractivity contribution in [3.05, 3.63) is 18.2 Å². The number of aliphatic hydroxyl groups excluding tert-OH is 1. The minimum atomic E-state index is -0.294. The van der Waals surface area contributed by atoms with Crippen LogP contribution in [-0.2, 0) is 6.54 Å². The number of hydrogen-bond acceptors (Lipinski definition) is 3. The Bertz CT molecular complexity index is 184. The lowest BCUT2D eigenvalue weighted by atomic mass is 10.4. The van der Waals surface area contributed by atoms with Gasteiger partial charge < -0.3 is 15.4 Å². The minimum Gasteiger partial charge on any atom is -0.392 e. The number of H-pyrrole nitrogens is 1. The van der Waals surface area contributed by atoms with Crippen molar-refractivity contribution >= 4 is 0 Å². The first-order valence-corrected chi connectivity index (χ1v) is 3.65. The molecule has 4 nitrogen and oxygen atoms in total. The van der Waals surface area contributed by atoms with E-state index in [-0.39, 0.29) is 6.10 Å². The number of aliphatic hydroxyl groups is 1. The Morgan fingerprint density at radius 2 is 2.64 bits per heavy atom. The zero-order valence-corrected chi connectivity index (χ0v) is 6.54. The van der Waals surface area contributed by atoms with Gasteiger partial charge in [-0.3, -0.25) is 0 Å². The van der Waals surface area contributed by atoms with Crippen LogP contribution in [0.4, 0.5) is 0 Å². The monoisotopic (exact) mass is 155 g/mol. The Labute approximate surface area is 65.7 Å². The lowest BCUT2D eigenvalue weighted by Crippen LogP contribution is -2.23. The standard InChI is InChI=1S/C7H13N3O/c1-6(11)2-8-3-7-4-9-5-10-7/h4-6,8,11H,2-3H2,1H3,(H,9,10)/t6-/m0/s1. The van der Waals surface area contributed by atoms with Crippen LogP contribution in [0.25, 0.3) is 0 Å². The van der Waals surface area contributed by atoms with Crippen LogP contribution in [0.2, 0.25) is 0 Å². The lowest BCUT2D eigenvalue weighted by molar-refractivity contribution is 0.191. The highest BCUT2D eigenvalue weighted by Crippen LogP contribution is 1.88. The second-order valence-corrected chi connectivity index (χ2v) is 2.56. The molecule has 1 aromatic rings. The SMILES string of the molecule is C[C@H](O)CNCc1cnc[nH]1. The van der Waals surface area contributed by atoms with E-state index in [1.807, 2.05) is 0 Å². The maximum atomic E-state index is 8.89. The third kappa shape index (κ3) is 3.15. The molecule has 0 saturated heterocycles. The Morgan fingerprint density at radius 3 is 3.18 bits per heavy atom. The number of aromatic amines is 1. The van der Waals surface area contributed by atoms with E-state index in [0.717, 1.165) is 12.2 Å². The predicted molar refractivity (Wildman–Crippen MR) is 42.0 cm³/mol. The van der Waals surface area contributed by atoms with Crippen molar-refractivity contribution in [3.63, 3.8) is 0 Å². The van der Waals surface area contributed by atoms with Crippen LogP contribution in [-0.4, -0.2) is 27.7 Å². The van der Waals surface area contributed by atoms with Crippen LogP contribution >= 0.6 is 0 Å². The first kappa shape index (κ1) is 8.23. The van der Waals surface area contributed by atoms with Gasteiger partial charge in [-0.2, -0.15) is 0 Å². The van der Waals surface area contributed by atoms with E-state index >= 15 is 0 Å². The fourth-order valence-electron chi connectivity index (χ4n) is 0.797. The van der Waals surface area contributed by atoms with Crippen LogP contribution in [0.5, 0.6) is 0 Å². The van der Waals surface area contributed by atoms with Crippen LogP contribution in [0.1, 0.15) is 12.6 Å². The van der Waals surface area contributed by atoms with Gasteiger partial charge in [-0.05, 0) is 6.92 Å². The third-order valence-corrected chi connectivity index (χ3v) is 1.31. The van der Waals surface area contributed by atoms with E-state index < -0.39 is 0 Å². The highest BCUT2D eigenvalue weighted by atomic mass is 16.3. The van der Waals surface area contributed by atoms with Crippen molar-refractivity contribution < 1.29 is 5.11 Å². The summed E-state index contributed by atoms with van der Waals surface area (Å²) in [5, 5.41) is 12.0. The second kappa shape index (κ2) is 4.10. The maximum Gasteiger partial charge on any atom is 0.0922 e. The first-order chi connectivity index (χ1) is 5.29. The zero-order chi connectivity index (χ0) is 8.10. The summed E-state index contributed by atoms with van der Waals surface area (Å²) in [5.41, 5.74) is 1.03. The fourth-order valence-corrected chi connectivity index (χ4v) is 0.797. The molecule has 1 aromatic heterocycles. The van der Waals surface area contributed by atoms with E-state index in [4.69, 9.17) is 5.11 Å². The molecule has 0 aliphatic rings. The summed E-state index contributed by atoms with van der Waals surface area (Å²) in [6, 6.07) is 0. The molecule has 0 spiro atoms. The van der Waals surface area contributed by atoms with Crippen molar-refractivity contribution in [2.24, 2.45) is 0 Å². The average Bonchev–Trinajstić information content (AvgIpc) is 2.39. The van der Waals surface area contributed by atoms with Crippen molar-refractivity contribution in [1.82, 2.24) is 15.3 Å². The van der Waals surface area contributed by atoms with Gasteiger partial charge in [0.2, 0.25) is 0 Å². The lowest BCUT2D eigenvalue weighted by Gasteiger charge is -2.04. The number of rotatable bonds is 4. The molecule has 0 radical (unpaired) electrons. The van der Waals surface area contributed by atoms with Gasteiger partial charge in [-0.15, -0.1) is 0 Å². The second-order valence-electron chi connectivity index (χ2n) is 2.56. The van der Waals surface area contributed by atoms with Gasteiger partial charge in [-0.1, -0.05) is 0 Å². The van der Waals surface area contributed by atoms with E-state index in [1.54, 1.807) is 19.4 Å². The Morgan fingerprint density at radius 1 is 1.82 bits per heavy atom. The van der Waals surface area contributed by atoms with Gasteiger partial charge >= 0.3 is 0 Å². The largest absolute Gasteiger partial charge is 0.392 e. The number of nitrogens with one attached hydrogen (secondary N) is 2. The summed E-state index contributed by atoms with van der Waals surface area (Å²) < 4.78 is 0. The van der Waals surface area contributed by atoms with Crippen molar-refractivity contribution in [3.8, 4) is 0 Å². The van der Waals surface area contributed by atoms with Crippen molar-refractivity contribution in [2.75, 3.05) is 6.54 Å². The van der Waals surface area contributed by atoms with Gasteiger partial charge in [0.1, 0.15) is 0 Å². The first-order valence-electron chi connectivity index (χ1n) is 3.65. The Balaban J connectivity index is 2.14. The number of hydrogen-bond donors (Lipinski definition) is 3. The highest BCUT2D eigenvalue weighted by molar-refractivity contribution is 4.92. The quantitative estimate of drug-likeness (QED) is 0.568. The van der Waals surface area contributed by atoms with Crippen LogP contribution in [0, 0.1) is 0 Å². The summed E-state index contributed by atoms with van der Waals surface area (Å²) >= 11 is 0. The molecule has 0 unspecified atom stereocenters. The van der Waals surface area contributed by atoms with Gasteiger partial charge in [0.15, 0.2) is 0 Å². The summed E-state index contributed by atoms with van der Waals surface area (Å²) in [4.78, 5) is 6.82. The molecule has 1 heterocycles. The Kier molecular flexibility index (Phi) is 3.07. The van der Waals surface area contributed by atoms with E-state index in [1.165, 1.54) is 0 Å². The number of aromatic nitrogens is 2. The average molecular weight is 155 g/mol. The smallest absolute Gasteiger partial charge is 0.0922 e. The molecule has 62 valence electrons. The summed E-state index contributed by atoms with van der Waals surface area (Å²) in [6.07, 6.45) is 3.10. The fraction of sp³-hybridized carbons (Fsp3) is 0.571. The molecule has 0 amide bonds. The molecule has 0 fully saturated rings. The van der Waals surface area contributed by atoms with Gasteiger partial charge in [-0.25, -0.2) is 4.98 Å². The molecule has 0 saturated carbocycles. The maximum absolute atomic E-state index is 8.89. The summed E-state index contributed by atoms with van der Waals surface area (Å²) in [7, 11) is 0. The normalized spacial score (nSPS) is 13.3. The van der Waals surface area contributed by atoms with E-state index in [9.17, 15) is 0 Å². The minimum absolute atomic E-state index is 0.294. The topological polar surface area (TPSA) is 60.9 Å². The molecule has 0 aromatic carbocycles. The summed E-state index contributed by atoms with van der Waals surface area (Å²) in [5.74, 6) is 0. The Hall–Kier alpha value is -0.870. The van der Waals surface area contributed by atoms with Crippen molar-refractivity contribution in [2.45, 2.75) is 19.6 Å². The number of imidazole rings is 1. The molecule has 4 heteroatoms. The van der Waals surface area contributed by atoms with Crippen molar-refractivity contribution in [1.29, 1.82) is 0 Å². The van der Waals surface area contributed by atoms with Crippen LogP contribution in [0.3, 0.4) is 0 Å². The van der Waals surface area contributed by atoms with Crippen LogP contribution in [0.15, 0.2) is 12.5 Å². The van der Waals surface area contributed by atoms with E-state index in [0.29, 0.717) is 6.54 Å². The van der Waals surface area contributed by atoms with Gasteiger partial charge in [0, 0.05) is 25.0 Å². The molecule has 1 atom stereocenters. The molecule has 3 N–H and O–H groups in total. The molecule has 0 aliphatic carbocycles. The molecule has 1 rings (SSSR count). The molecule has 11 heavy (non-hydrogen) atoms.